The van der Waals surface area contributed by atoms with Crippen LogP contribution in [-0.4, -0.2) is 53.6 Å². The molecule has 0 saturated carbocycles. The van der Waals surface area contributed by atoms with E-state index in [9.17, 15) is 18.4 Å². The van der Waals surface area contributed by atoms with Crippen molar-refractivity contribution in [1.82, 2.24) is 9.80 Å². The van der Waals surface area contributed by atoms with E-state index in [1.165, 1.54) is 24.3 Å². The van der Waals surface area contributed by atoms with Crippen LogP contribution in [0.15, 0.2) is 60.7 Å². The summed E-state index contributed by atoms with van der Waals surface area (Å²) in [5.41, 5.74) is 0.977. The topological polar surface area (TPSA) is 40.6 Å². The summed E-state index contributed by atoms with van der Waals surface area (Å²) in [5, 5.41) is 0. The van der Waals surface area contributed by atoms with E-state index >= 15 is 0 Å². The van der Waals surface area contributed by atoms with Crippen LogP contribution in [0.3, 0.4) is 0 Å². The van der Waals surface area contributed by atoms with Gasteiger partial charge in [0.2, 0.25) is 5.78 Å². The summed E-state index contributed by atoms with van der Waals surface area (Å²) in [6.45, 7) is 2.07. The normalized spacial score (nSPS) is 15.7. The molecule has 1 fully saturated rings. The number of piperazine rings is 1. The van der Waals surface area contributed by atoms with Crippen molar-refractivity contribution in [3.63, 3.8) is 0 Å². The lowest BCUT2D eigenvalue weighted by Crippen LogP contribution is -2.55. The van der Waals surface area contributed by atoms with Gasteiger partial charge in [-0.2, -0.15) is 8.78 Å². The van der Waals surface area contributed by atoms with E-state index in [4.69, 9.17) is 0 Å². The first-order chi connectivity index (χ1) is 12.5. The number of ketones is 1. The molecule has 3 rings (SSSR count). The minimum atomic E-state index is -4.04. The van der Waals surface area contributed by atoms with E-state index in [1.807, 2.05) is 30.3 Å². The van der Waals surface area contributed by atoms with Crippen LogP contribution >= 0.6 is 0 Å². The van der Waals surface area contributed by atoms with Gasteiger partial charge in [-0.15, -0.1) is 0 Å². The van der Waals surface area contributed by atoms with E-state index in [-0.39, 0.29) is 18.7 Å². The van der Waals surface area contributed by atoms with Crippen LogP contribution < -0.4 is 0 Å². The molecule has 1 aliphatic rings. The number of carbonyl (C=O) groups is 2. The van der Waals surface area contributed by atoms with Gasteiger partial charge in [-0.25, -0.2) is 0 Å². The average Bonchev–Trinajstić information content (AvgIpc) is 2.69. The molecule has 0 unspecified atom stereocenters. The molecule has 0 aromatic heterocycles. The minimum absolute atomic E-state index is 0.159. The molecule has 4 nitrogen and oxygen atoms in total. The van der Waals surface area contributed by atoms with Gasteiger partial charge < -0.3 is 4.90 Å². The third kappa shape index (κ3) is 3.96. The molecule has 2 aromatic carbocycles. The Morgan fingerprint density at radius 2 is 1.38 bits per heavy atom. The number of benzene rings is 2. The predicted molar refractivity (Wildman–Crippen MR) is 94.0 cm³/mol. The van der Waals surface area contributed by atoms with Gasteiger partial charge in [0.15, 0.2) is 0 Å². The van der Waals surface area contributed by atoms with E-state index in [0.29, 0.717) is 19.6 Å². The molecule has 1 saturated heterocycles. The molecule has 1 heterocycles. The molecule has 2 aromatic rings. The smallest absolute Gasteiger partial charge is 0.334 e. The molecule has 1 amide bonds. The van der Waals surface area contributed by atoms with Crippen molar-refractivity contribution in [2.45, 2.75) is 12.5 Å². The van der Waals surface area contributed by atoms with E-state index < -0.39 is 17.6 Å². The molecule has 0 bridgehead atoms. The highest BCUT2D eigenvalue weighted by molar-refractivity contribution is 6.15. The van der Waals surface area contributed by atoms with Crippen LogP contribution in [0.2, 0.25) is 0 Å². The van der Waals surface area contributed by atoms with Gasteiger partial charge in [-0.05, 0) is 5.56 Å². The van der Waals surface area contributed by atoms with Crippen molar-refractivity contribution >= 4 is 11.7 Å². The molecule has 1 aliphatic heterocycles. The number of alkyl halides is 2. The summed E-state index contributed by atoms with van der Waals surface area (Å²) < 4.78 is 28.7. The second kappa shape index (κ2) is 7.74. The lowest BCUT2D eigenvalue weighted by Gasteiger charge is -2.36. The standard InChI is InChI=1S/C20H20F2N2O2/c21-20(22,18(25)17-9-5-2-6-10-17)19(26)24-13-11-23(12-14-24)15-16-7-3-1-4-8-16/h1-10H,11-15H2. The van der Waals surface area contributed by atoms with E-state index in [1.54, 1.807) is 6.07 Å². The second-order valence-corrected chi connectivity index (χ2v) is 6.32. The Balaban J connectivity index is 1.60. The van der Waals surface area contributed by atoms with E-state index in [0.717, 1.165) is 10.5 Å². The average molecular weight is 358 g/mol. The SMILES string of the molecule is O=C(c1ccccc1)C(F)(F)C(=O)N1CCN(Cc2ccccc2)CC1. The highest BCUT2D eigenvalue weighted by atomic mass is 19.3. The fourth-order valence-corrected chi connectivity index (χ4v) is 3.02. The fraction of sp³-hybridized carbons (Fsp3) is 0.300. The minimum Gasteiger partial charge on any atom is -0.334 e. The highest BCUT2D eigenvalue weighted by Gasteiger charge is 2.50. The number of hydrogen-bond acceptors (Lipinski definition) is 3. The molecule has 0 aliphatic carbocycles. The van der Waals surface area contributed by atoms with Crippen molar-refractivity contribution in [2.75, 3.05) is 26.2 Å². The molecule has 26 heavy (non-hydrogen) atoms. The van der Waals surface area contributed by atoms with Gasteiger partial charge in [0.05, 0.1) is 0 Å². The van der Waals surface area contributed by atoms with Crippen LogP contribution in [0.25, 0.3) is 0 Å². The van der Waals surface area contributed by atoms with Crippen LogP contribution in [0.4, 0.5) is 8.78 Å². The predicted octanol–water partition coefficient (Wildman–Crippen LogP) is 2.85. The first-order valence-electron chi connectivity index (χ1n) is 8.52. The zero-order valence-electron chi connectivity index (χ0n) is 14.3. The van der Waals surface area contributed by atoms with E-state index in [2.05, 4.69) is 4.90 Å². The maximum atomic E-state index is 14.4. The van der Waals surface area contributed by atoms with Gasteiger partial charge in [-0.1, -0.05) is 60.7 Å². The van der Waals surface area contributed by atoms with Gasteiger partial charge in [-0.3, -0.25) is 14.5 Å². The summed E-state index contributed by atoms with van der Waals surface area (Å²) in [6, 6.07) is 17.0. The quantitative estimate of drug-likeness (QED) is 0.610. The van der Waals surface area contributed by atoms with Crippen molar-refractivity contribution < 1.29 is 18.4 Å². The highest BCUT2D eigenvalue weighted by Crippen LogP contribution is 2.24. The van der Waals surface area contributed by atoms with Crippen molar-refractivity contribution in [3.05, 3.63) is 71.8 Å². The van der Waals surface area contributed by atoms with Crippen LogP contribution in [0.5, 0.6) is 0 Å². The Bertz CT molecular complexity index is 758. The molecule has 136 valence electrons. The monoisotopic (exact) mass is 358 g/mol. The first-order valence-corrected chi connectivity index (χ1v) is 8.52. The number of hydrogen-bond donors (Lipinski definition) is 0. The third-order valence-electron chi connectivity index (χ3n) is 4.50. The Morgan fingerprint density at radius 1 is 0.846 bits per heavy atom. The van der Waals surface area contributed by atoms with Gasteiger partial charge >= 0.3 is 11.8 Å². The van der Waals surface area contributed by atoms with Crippen molar-refractivity contribution in [1.29, 1.82) is 0 Å². The summed E-state index contributed by atoms with van der Waals surface area (Å²) in [6.07, 6.45) is 0. The van der Waals surface area contributed by atoms with Crippen LogP contribution in [-0.2, 0) is 11.3 Å². The maximum Gasteiger partial charge on any atom is 0.386 e. The number of Topliss-reactive ketones (excluding diaryl/α,β-unsaturated/α-hetero) is 1. The Hall–Kier alpha value is -2.60. The van der Waals surface area contributed by atoms with Crippen LogP contribution in [0.1, 0.15) is 15.9 Å². The Labute approximate surface area is 151 Å². The van der Waals surface area contributed by atoms with Gasteiger partial charge in [0, 0.05) is 38.3 Å². The summed E-state index contributed by atoms with van der Waals surface area (Å²) in [5.74, 6) is -6.90. The maximum absolute atomic E-state index is 14.4. The summed E-state index contributed by atoms with van der Waals surface area (Å²) >= 11 is 0. The Morgan fingerprint density at radius 3 is 1.96 bits per heavy atom. The third-order valence-corrected chi connectivity index (χ3v) is 4.50. The van der Waals surface area contributed by atoms with Crippen molar-refractivity contribution in [3.8, 4) is 0 Å². The lowest BCUT2D eigenvalue weighted by atomic mass is 10.0. The number of halogens is 2. The number of amides is 1. The number of carbonyl (C=O) groups excluding carboxylic acids is 2. The molecular weight excluding hydrogens is 338 g/mol. The largest absolute Gasteiger partial charge is 0.386 e. The number of nitrogens with zero attached hydrogens (tertiary/aromatic N) is 2. The second-order valence-electron chi connectivity index (χ2n) is 6.32. The molecule has 0 atom stereocenters. The summed E-state index contributed by atoms with van der Waals surface area (Å²) in [4.78, 5) is 27.5. The molecule has 0 radical (unpaired) electrons. The number of rotatable bonds is 5. The molecule has 0 N–H and O–H groups in total. The zero-order valence-corrected chi connectivity index (χ0v) is 14.3. The fourth-order valence-electron chi connectivity index (χ4n) is 3.02. The lowest BCUT2D eigenvalue weighted by molar-refractivity contribution is -0.152. The molecular formula is C20H20F2N2O2. The first kappa shape index (κ1) is 18.2. The zero-order chi connectivity index (χ0) is 18.6. The molecule has 6 heteroatoms. The van der Waals surface area contributed by atoms with Gasteiger partial charge in [0.25, 0.3) is 0 Å². The van der Waals surface area contributed by atoms with Crippen molar-refractivity contribution in [2.24, 2.45) is 0 Å². The van der Waals surface area contributed by atoms with Crippen LogP contribution in [0, 0.1) is 0 Å². The molecule has 0 spiro atoms. The summed E-state index contributed by atoms with van der Waals surface area (Å²) in [7, 11) is 0. The van der Waals surface area contributed by atoms with Gasteiger partial charge in [0.1, 0.15) is 0 Å². The Kier molecular flexibility index (Phi) is 5.42.